The van der Waals surface area contributed by atoms with Gasteiger partial charge in [0, 0.05) is 28.4 Å². The van der Waals surface area contributed by atoms with Crippen molar-refractivity contribution in [2.24, 2.45) is 0 Å². The van der Waals surface area contributed by atoms with Crippen molar-refractivity contribution in [2.75, 3.05) is 14.2 Å². The molecule has 0 aliphatic heterocycles. The zero-order valence-electron chi connectivity index (χ0n) is 10.8. The molecule has 0 aromatic rings. The van der Waals surface area contributed by atoms with Gasteiger partial charge in [0.15, 0.2) is 0 Å². The molecular weight excluding hydrogens is 240 g/mol. The van der Waals surface area contributed by atoms with Gasteiger partial charge in [-0.25, -0.2) is 0 Å². The van der Waals surface area contributed by atoms with Crippen LogP contribution in [0, 0.1) is 0 Å². The number of carbonyl (C=O) groups excluding carboxylic acids is 1. The van der Waals surface area contributed by atoms with Crippen LogP contribution >= 0.6 is 0 Å². The summed E-state index contributed by atoms with van der Waals surface area (Å²) in [5.41, 5.74) is 0. The maximum Gasteiger partial charge on any atom is 0.306 e. The van der Waals surface area contributed by atoms with Crippen LogP contribution in [0.1, 0.15) is 39.0 Å². The first-order chi connectivity index (χ1) is 8.08. The Kier molecular flexibility index (Phi) is 6.12. The molecule has 5 heteroatoms. The van der Waals surface area contributed by atoms with E-state index in [4.69, 9.17) is 4.74 Å². The fourth-order valence-corrected chi connectivity index (χ4v) is 4.02. The first kappa shape index (κ1) is 14.6. The Labute approximate surface area is 106 Å². The third-order valence-corrected chi connectivity index (χ3v) is 5.36. The fraction of sp³-hybridized carbons (Fsp3) is 0.917. The molecule has 1 aliphatic carbocycles. The van der Waals surface area contributed by atoms with Gasteiger partial charge >= 0.3 is 5.97 Å². The van der Waals surface area contributed by atoms with E-state index in [0.717, 1.165) is 25.7 Å². The van der Waals surface area contributed by atoms with Crippen molar-refractivity contribution in [2.45, 2.75) is 55.6 Å². The molecule has 4 unspecified atom stereocenters. The van der Waals surface area contributed by atoms with E-state index in [9.17, 15) is 9.00 Å². The fourth-order valence-electron chi connectivity index (χ4n) is 2.26. The van der Waals surface area contributed by atoms with E-state index >= 15 is 0 Å². The minimum absolute atomic E-state index is 0.136. The van der Waals surface area contributed by atoms with Crippen molar-refractivity contribution < 1.29 is 18.5 Å². The molecule has 0 amide bonds. The Morgan fingerprint density at radius 2 is 2.12 bits per heavy atom. The summed E-state index contributed by atoms with van der Waals surface area (Å²) in [6, 6.07) is 0. The summed E-state index contributed by atoms with van der Waals surface area (Å²) in [6.07, 6.45) is 4.38. The first-order valence-electron chi connectivity index (χ1n) is 6.07. The predicted molar refractivity (Wildman–Crippen MR) is 67.3 cm³/mol. The molecule has 100 valence electrons. The standard InChI is InChI=1S/C12H22O4S/c1-9(7-12(13)16-3)17(14)11-6-4-5-10(8-11)15-2/h9-11H,4-8H2,1-3H3. The average Bonchev–Trinajstić information content (AvgIpc) is 2.37. The second kappa shape index (κ2) is 7.11. The van der Waals surface area contributed by atoms with Crippen molar-refractivity contribution in [1.82, 2.24) is 0 Å². The Hall–Kier alpha value is -0.420. The van der Waals surface area contributed by atoms with Crippen LogP contribution in [0.25, 0.3) is 0 Å². The lowest BCUT2D eigenvalue weighted by Gasteiger charge is -2.29. The predicted octanol–water partition coefficient (Wildman–Crippen LogP) is 1.64. The molecule has 1 fully saturated rings. The number of hydrogen-bond acceptors (Lipinski definition) is 4. The zero-order chi connectivity index (χ0) is 12.8. The molecule has 0 radical (unpaired) electrons. The number of methoxy groups -OCH3 is 2. The van der Waals surface area contributed by atoms with Crippen LogP contribution < -0.4 is 0 Å². The number of carbonyl (C=O) groups is 1. The Bertz CT molecular complexity index is 280. The number of rotatable bonds is 5. The Balaban J connectivity index is 2.48. The zero-order valence-corrected chi connectivity index (χ0v) is 11.6. The highest BCUT2D eigenvalue weighted by Gasteiger charge is 2.29. The highest BCUT2D eigenvalue weighted by Crippen LogP contribution is 2.26. The molecule has 0 aromatic carbocycles. The molecule has 4 atom stereocenters. The van der Waals surface area contributed by atoms with Gasteiger partial charge in [-0.05, 0) is 25.7 Å². The van der Waals surface area contributed by atoms with E-state index in [1.54, 1.807) is 7.11 Å². The van der Waals surface area contributed by atoms with Crippen molar-refractivity contribution >= 4 is 16.8 Å². The molecular formula is C12H22O4S. The molecule has 1 rings (SSSR count). The van der Waals surface area contributed by atoms with Crippen molar-refractivity contribution in [1.29, 1.82) is 0 Å². The second-order valence-corrected chi connectivity index (χ2v) is 6.69. The quantitative estimate of drug-likeness (QED) is 0.707. The van der Waals surface area contributed by atoms with Gasteiger partial charge in [-0.2, -0.15) is 0 Å². The van der Waals surface area contributed by atoms with E-state index in [2.05, 4.69) is 4.74 Å². The molecule has 1 saturated carbocycles. The number of ether oxygens (including phenoxy) is 2. The highest BCUT2D eigenvalue weighted by molar-refractivity contribution is 7.86. The average molecular weight is 262 g/mol. The van der Waals surface area contributed by atoms with Crippen LogP contribution in [-0.2, 0) is 25.1 Å². The number of hydrogen-bond donors (Lipinski definition) is 0. The minimum atomic E-state index is -0.977. The molecule has 17 heavy (non-hydrogen) atoms. The molecule has 0 aromatic heterocycles. The maximum atomic E-state index is 12.3. The first-order valence-corrected chi connectivity index (χ1v) is 7.35. The van der Waals surface area contributed by atoms with Crippen molar-refractivity contribution in [3.63, 3.8) is 0 Å². The van der Waals surface area contributed by atoms with Gasteiger partial charge in [0.25, 0.3) is 0 Å². The summed E-state index contributed by atoms with van der Waals surface area (Å²) >= 11 is 0. The van der Waals surface area contributed by atoms with Gasteiger partial charge in [0.05, 0.1) is 19.6 Å². The van der Waals surface area contributed by atoms with Gasteiger partial charge in [-0.15, -0.1) is 0 Å². The minimum Gasteiger partial charge on any atom is -0.469 e. The van der Waals surface area contributed by atoms with Crippen molar-refractivity contribution in [3.05, 3.63) is 0 Å². The smallest absolute Gasteiger partial charge is 0.306 e. The number of esters is 1. The van der Waals surface area contributed by atoms with E-state index in [1.807, 2.05) is 6.92 Å². The summed E-state index contributed by atoms with van der Waals surface area (Å²) in [6.45, 7) is 1.85. The van der Waals surface area contributed by atoms with Crippen LogP contribution in [0.3, 0.4) is 0 Å². The largest absolute Gasteiger partial charge is 0.469 e. The lowest BCUT2D eigenvalue weighted by atomic mass is 9.97. The van der Waals surface area contributed by atoms with Crippen LogP contribution in [0.4, 0.5) is 0 Å². The summed E-state index contributed by atoms with van der Waals surface area (Å²) in [7, 11) is 2.09. The summed E-state index contributed by atoms with van der Waals surface area (Å²) < 4.78 is 22.2. The van der Waals surface area contributed by atoms with Gasteiger partial charge in [0.1, 0.15) is 0 Å². The molecule has 0 spiro atoms. The van der Waals surface area contributed by atoms with Crippen molar-refractivity contribution in [3.8, 4) is 0 Å². The van der Waals surface area contributed by atoms with Gasteiger partial charge < -0.3 is 9.47 Å². The van der Waals surface area contributed by atoms with E-state index < -0.39 is 10.8 Å². The highest BCUT2D eigenvalue weighted by atomic mass is 32.2. The van der Waals surface area contributed by atoms with E-state index in [0.29, 0.717) is 0 Å². The van der Waals surface area contributed by atoms with Crippen LogP contribution in [0.15, 0.2) is 0 Å². The molecule has 4 nitrogen and oxygen atoms in total. The topological polar surface area (TPSA) is 52.6 Å². The maximum absolute atomic E-state index is 12.3. The SMILES string of the molecule is COC(=O)CC(C)S(=O)C1CCCC(OC)C1. The van der Waals surface area contributed by atoms with E-state index in [-0.39, 0.29) is 29.0 Å². The van der Waals surface area contributed by atoms with Crippen LogP contribution in [0.2, 0.25) is 0 Å². The lowest BCUT2D eigenvalue weighted by molar-refractivity contribution is -0.140. The van der Waals surface area contributed by atoms with Gasteiger partial charge in [-0.3, -0.25) is 9.00 Å². The Morgan fingerprint density at radius 1 is 1.41 bits per heavy atom. The van der Waals surface area contributed by atoms with Gasteiger partial charge in [-0.1, -0.05) is 6.92 Å². The second-order valence-electron chi connectivity index (χ2n) is 4.57. The molecule has 0 heterocycles. The summed E-state index contributed by atoms with van der Waals surface area (Å²) in [4.78, 5) is 11.1. The van der Waals surface area contributed by atoms with E-state index in [1.165, 1.54) is 7.11 Å². The summed E-state index contributed by atoms with van der Waals surface area (Å²) in [5.74, 6) is -0.287. The third-order valence-electron chi connectivity index (χ3n) is 3.32. The molecule has 0 N–H and O–H groups in total. The molecule has 1 aliphatic rings. The van der Waals surface area contributed by atoms with Crippen LogP contribution in [0.5, 0.6) is 0 Å². The monoisotopic (exact) mass is 262 g/mol. The molecule has 0 bridgehead atoms. The third kappa shape index (κ3) is 4.39. The van der Waals surface area contributed by atoms with Gasteiger partial charge in [0.2, 0.25) is 0 Å². The molecule has 0 saturated heterocycles. The van der Waals surface area contributed by atoms with Crippen LogP contribution in [-0.4, -0.2) is 41.0 Å². The summed E-state index contributed by atoms with van der Waals surface area (Å²) in [5, 5.41) is 0.0245. The Morgan fingerprint density at radius 3 is 2.71 bits per heavy atom. The lowest BCUT2D eigenvalue weighted by Crippen LogP contribution is -2.33. The normalized spacial score (nSPS) is 28.4.